The van der Waals surface area contributed by atoms with E-state index in [1.807, 2.05) is 0 Å². The van der Waals surface area contributed by atoms with Crippen LogP contribution in [0.5, 0.6) is 0 Å². The summed E-state index contributed by atoms with van der Waals surface area (Å²) < 4.78 is 102. The first-order valence-electron chi connectivity index (χ1n) is 14.2. The molecule has 5 aromatic rings. The maximum absolute atomic E-state index is 13.6. The Morgan fingerprint density at radius 1 is 0.588 bits per heavy atom. The van der Waals surface area contributed by atoms with Crippen molar-refractivity contribution in [1.29, 1.82) is 0 Å². The third kappa shape index (κ3) is 6.96. The number of aromatic nitrogens is 3. The molecule has 1 aliphatic carbocycles. The maximum atomic E-state index is 13.6. The lowest BCUT2D eigenvalue weighted by atomic mass is 9.82. The highest BCUT2D eigenvalue weighted by atomic mass is 32.2. The Hall–Kier alpha value is -5.84. The van der Waals surface area contributed by atoms with Crippen molar-refractivity contribution in [2.24, 2.45) is 0 Å². The van der Waals surface area contributed by atoms with Crippen LogP contribution in [0.1, 0.15) is 37.7 Å². The summed E-state index contributed by atoms with van der Waals surface area (Å²) >= 11 is 0. The fraction of sp³-hybridized carbons (Fsp3) is 0.0333. The van der Waals surface area contributed by atoms with Crippen molar-refractivity contribution in [3.05, 3.63) is 101 Å². The molecule has 8 N–H and O–H groups in total. The molecule has 0 saturated carbocycles. The summed E-state index contributed by atoms with van der Waals surface area (Å²) in [4.78, 5) is 37.4. The lowest BCUT2D eigenvalue weighted by Gasteiger charge is -2.24. The number of hydrogen-bond acceptors (Lipinski definition) is 15. The molecule has 0 amide bonds. The van der Waals surface area contributed by atoms with Crippen LogP contribution < -0.4 is 21.7 Å². The Labute approximate surface area is 289 Å². The molecule has 18 nitrogen and oxygen atoms in total. The zero-order chi connectivity index (χ0) is 37.0. The van der Waals surface area contributed by atoms with Gasteiger partial charge < -0.3 is 21.7 Å². The fourth-order valence-corrected chi connectivity index (χ4v) is 7.10. The van der Waals surface area contributed by atoms with Crippen LogP contribution in [0.3, 0.4) is 0 Å². The van der Waals surface area contributed by atoms with E-state index in [1.165, 1.54) is 55.5 Å². The molecule has 0 spiro atoms. The van der Waals surface area contributed by atoms with Crippen LogP contribution in [-0.4, -0.2) is 65.4 Å². The molecule has 1 heterocycles. The summed E-state index contributed by atoms with van der Waals surface area (Å²) in [5, 5.41) is 8.09. The largest absolute Gasteiger partial charge is 0.397 e. The predicted octanol–water partition coefficient (Wildman–Crippen LogP) is 3.51. The normalized spacial score (nSPS) is 12.9. The quantitative estimate of drug-likeness (QED) is 0.0820. The van der Waals surface area contributed by atoms with Crippen molar-refractivity contribution in [1.82, 2.24) is 15.0 Å². The average molecular weight is 754 g/mol. The minimum Gasteiger partial charge on any atom is -0.397 e. The average Bonchev–Trinajstić information content (AvgIpc) is 3.03. The van der Waals surface area contributed by atoms with Crippen LogP contribution in [0.4, 0.5) is 40.3 Å². The molecule has 0 radical (unpaired) electrons. The van der Waals surface area contributed by atoms with Gasteiger partial charge in [0.2, 0.25) is 11.9 Å². The van der Waals surface area contributed by atoms with E-state index in [-0.39, 0.29) is 57.2 Å². The lowest BCUT2D eigenvalue weighted by Crippen LogP contribution is -2.25. The molecule has 1 aromatic heterocycles. The highest BCUT2D eigenvalue weighted by Gasteiger charge is 2.36. The lowest BCUT2D eigenvalue weighted by molar-refractivity contribution is 0.0980. The van der Waals surface area contributed by atoms with Crippen LogP contribution >= 0.6 is 0 Å². The SMILES string of the molecule is Cc1nc(Nc2cccc(S(=O)(=O)O)c2)nc(Nc2ccc(Nc3cc(S(=O)(=O)O)c(N)c4c3C(=O)c3ccccc3C4=O)cc2S(=O)(=O)O)n1. The predicted molar refractivity (Wildman–Crippen MR) is 181 cm³/mol. The minimum absolute atomic E-state index is 0.0112. The number of nitrogens with one attached hydrogen (secondary N) is 3. The van der Waals surface area contributed by atoms with E-state index < -0.39 is 67.9 Å². The first kappa shape index (κ1) is 35.0. The molecule has 6 rings (SSSR count). The third-order valence-corrected chi connectivity index (χ3v) is 10.0. The molecule has 0 fully saturated rings. The van der Waals surface area contributed by atoms with Gasteiger partial charge in [-0.05, 0) is 49.4 Å². The van der Waals surface area contributed by atoms with Gasteiger partial charge in [-0.2, -0.15) is 40.2 Å². The molecule has 21 heteroatoms. The van der Waals surface area contributed by atoms with E-state index in [2.05, 4.69) is 30.9 Å². The van der Waals surface area contributed by atoms with Gasteiger partial charge in [0.1, 0.15) is 15.6 Å². The van der Waals surface area contributed by atoms with Gasteiger partial charge >= 0.3 is 0 Å². The summed E-state index contributed by atoms with van der Waals surface area (Å²) in [5.41, 5.74) is 3.88. The smallest absolute Gasteiger partial charge is 0.296 e. The van der Waals surface area contributed by atoms with Crippen molar-refractivity contribution in [3.63, 3.8) is 0 Å². The molecule has 0 aliphatic heterocycles. The molecule has 0 bridgehead atoms. The van der Waals surface area contributed by atoms with Crippen molar-refractivity contribution in [3.8, 4) is 0 Å². The van der Waals surface area contributed by atoms with Gasteiger partial charge in [0.15, 0.2) is 11.6 Å². The summed E-state index contributed by atoms with van der Waals surface area (Å²) in [6, 6.07) is 15.0. The number of nitrogen functional groups attached to an aromatic ring is 1. The standard InChI is InChI=1S/C30H23N7O11S3/c1-14-32-29(35-15-5-4-6-17(11-15)49(40,41)42)37-30(33-14)36-20-10-9-16(12-22(20)50(43,44)45)34-21-13-23(51(46,47)48)26(31)25-24(21)27(38)18-7-2-3-8-19(18)28(25)39/h2-13,34H,31H2,1H3,(H,40,41,42)(H,43,44,45)(H,46,47,48)(H2,32,33,35,36,37). The number of benzene rings is 4. The topological polar surface area (TPSA) is 298 Å². The second-order valence-electron chi connectivity index (χ2n) is 10.9. The van der Waals surface area contributed by atoms with Crippen LogP contribution in [0.15, 0.2) is 87.5 Å². The van der Waals surface area contributed by atoms with Gasteiger partial charge in [0.05, 0.1) is 33.1 Å². The van der Waals surface area contributed by atoms with E-state index in [9.17, 15) is 48.5 Å². The molecule has 262 valence electrons. The first-order chi connectivity index (χ1) is 23.8. The van der Waals surface area contributed by atoms with Crippen molar-refractivity contribution in [2.45, 2.75) is 21.6 Å². The highest BCUT2D eigenvalue weighted by molar-refractivity contribution is 7.86. The Morgan fingerprint density at radius 3 is 1.78 bits per heavy atom. The molecule has 4 aromatic carbocycles. The Morgan fingerprint density at radius 2 is 1.18 bits per heavy atom. The molecule has 0 atom stereocenters. The highest BCUT2D eigenvalue weighted by Crippen LogP contribution is 2.40. The number of nitrogens with zero attached hydrogens (tertiary/aromatic N) is 3. The van der Waals surface area contributed by atoms with Crippen LogP contribution in [0.25, 0.3) is 0 Å². The number of aryl methyl sites for hydroxylation is 1. The second kappa shape index (κ2) is 12.5. The van der Waals surface area contributed by atoms with E-state index in [0.717, 1.165) is 24.3 Å². The molecule has 51 heavy (non-hydrogen) atoms. The molecule has 0 unspecified atom stereocenters. The Balaban J connectivity index is 1.39. The van der Waals surface area contributed by atoms with Crippen molar-refractivity contribution < 1.29 is 48.5 Å². The number of carbonyl (C=O) groups is 2. The number of nitrogens with two attached hydrogens (primary N) is 1. The van der Waals surface area contributed by atoms with Crippen LogP contribution in [0.2, 0.25) is 0 Å². The zero-order valence-corrected chi connectivity index (χ0v) is 28.1. The Bertz CT molecular complexity index is 2670. The molecule has 1 aliphatic rings. The second-order valence-corrected chi connectivity index (χ2v) is 15.1. The molecular weight excluding hydrogens is 731 g/mol. The first-order valence-corrected chi connectivity index (χ1v) is 18.5. The van der Waals surface area contributed by atoms with Gasteiger partial charge in [0, 0.05) is 22.5 Å². The van der Waals surface area contributed by atoms with Gasteiger partial charge in [-0.1, -0.05) is 30.3 Å². The van der Waals surface area contributed by atoms with E-state index in [0.29, 0.717) is 0 Å². The summed E-state index contributed by atoms with van der Waals surface area (Å²) in [7, 11) is -14.6. The number of ketones is 2. The molecular formula is C30H23N7O11S3. The Kier molecular flexibility index (Phi) is 8.57. The number of fused-ring (bicyclic) bond motifs is 2. The summed E-state index contributed by atoms with van der Waals surface area (Å²) in [6.45, 7) is 1.47. The third-order valence-electron chi connectivity index (χ3n) is 7.40. The maximum Gasteiger partial charge on any atom is 0.296 e. The minimum atomic E-state index is -5.05. The van der Waals surface area contributed by atoms with Crippen LogP contribution in [0, 0.1) is 6.92 Å². The van der Waals surface area contributed by atoms with Crippen molar-refractivity contribution >= 4 is 82.3 Å². The summed E-state index contributed by atoms with van der Waals surface area (Å²) in [5.74, 6) is -1.74. The van der Waals surface area contributed by atoms with E-state index in [1.54, 1.807) is 0 Å². The van der Waals surface area contributed by atoms with Crippen molar-refractivity contribution in [2.75, 3.05) is 21.7 Å². The number of carbonyl (C=O) groups excluding carboxylic acids is 2. The van der Waals surface area contributed by atoms with E-state index in [4.69, 9.17) is 5.73 Å². The summed E-state index contributed by atoms with van der Waals surface area (Å²) in [6.07, 6.45) is 0. The zero-order valence-electron chi connectivity index (χ0n) is 25.7. The number of anilines is 7. The molecule has 0 saturated heterocycles. The fourth-order valence-electron chi connectivity index (χ4n) is 5.26. The van der Waals surface area contributed by atoms with Gasteiger partial charge in [-0.15, -0.1) is 0 Å². The van der Waals surface area contributed by atoms with Gasteiger partial charge in [-0.25, -0.2) is 0 Å². The van der Waals surface area contributed by atoms with Gasteiger partial charge in [0.25, 0.3) is 30.4 Å². The van der Waals surface area contributed by atoms with Crippen LogP contribution in [-0.2, 0) is 30.4 Å². The monoisotopic (exact) mass is 753 g/mol. The van der Waals surface area contributed by atoms with E-state index >= 15 is 0 Å². The number of hydrogen-bond donors (Lipinski definition) is 7. The number of rotatable bonds is 9. The van der Waals surface area contributed by atoms with Gasteiger partial charge in [-0.3, -0.25) is 23.2 Å².